The van der Waals surface area contributed by atoms with Crippen LogP contribution in [-0.4, -0.2) is 50.7 Å². The summed E-state index contributed by atoms with van der Waals surface area (Å²) in [6.45, 7) is 1.40. The van der Waals surface area contributed by atoms with Crippen molar-refractivity contribution in [3.05, 3.63) is 18.2 Å². The Morgan fingerprint density at radius 3 is 2.73 bits per heavy atom. The van der Waals surface area contributed by atoms with Crippen molar-refractivity contribution in [2.24, 2.45) is 5.92 Å². The number of benzene rings is 1. The predicted octanol–water partition coefficient (Wildman–Crippen LogP) is 0.403. The third kappa shape index (κ3) is 2.85. The summed E-state index contributed by atoms with van der Waals surface area (Å²) in [5, 5.41) is 1.58. The van der Waals surface area contributed by atoms with Crippen molar-refractivity contribution >= 4 is 17.5 Å². The van der Waals surface area contributed by atoms with E-state index in [1.165, 1.54) is 0 Å². The number of ether oxygens (including phenoxy) is 2. The minimum absolute atomic E-state index is 0.0596. The van der Waals surface area contributed by atoms with E-state index in [1.54, 1.807) is 36.1 Å². The van der Waals surface area contributed by atoms with Crippen molar-refractivity contribution < 1.29 is 19.1 Å². The number of amides is 2. The number of hydrazine groups is 1. The molecule has 1 aromatic rings. The molecular weight excluding hydrogens is 286 g/mol. The van der Waals surface area contributed by atoms with Crippen LogP contribution in [-0.2, 0) is 9.59 Å². The Balaban J connectivity index is 1.75. The van der Waals surface area contributed by atoms with E-state index in [2.05, 4.69) is 5.43 Å². The van der Waals surface area contributed by atoms with Gasteiger partial charge in [-0.15, -0.1) is 0 Å². The molecule has 0 bridgehead atoms. The highest BCUT2D eigenvalue weighted by Gasteiger charge is 2.35. The Bertz CT molecular complexity index is 602. The van der Waals surface area contributed by atoms with Gasteiger partial charge in [-0.1, -0.05) is 0 Å². The van der Waals surface area contributed by atoms with E-state index in [1.807, 2.05) is 6.07 Å². The highest BCUT2D eigenvalue weighted by Crippen LogP contribution is 2.35. The molecule has 1 aromatic carbocycles. The lowest BCUT2D eigenvalue weighted by molar-refractivity contribution is -0.129. The fourth-order valence-electron chi connectivity index (χ4n) is 2.64. The second-order valence-electron chi connectivity index (χ2n) is 5.60. The summed E-state index contributed by atoms with van der Waals surface area (Å²) in [6.07, 6.45) is 0.216. The van der Waals surface area contributed by atoms with Crippen molar-refractivity contribution in [1.82, 2.24) is 10.4 Å². The fraction of sp³-hybridized carbons (Fsp3) is 0.467. The molecule has 7 nitrogen and oxygen atoms in total. The smallest absolute Gasteiger partial charge is 0.239 e. The van der Waals surface area contributed by atoms with E-state index in [4.69, 9.17) is 9.47 Å². The number of hydrogen-bond donors (Lipinski definition) is 1. The molecule has 0 radical (unpaired) electrons. The number of nitrogens with one attached hydrogen (secondary N) is 1. The van der Waals surface area contributed by atoms with Gasteiger partial charge in [0.15, 0.2) is 11.5 Å². The molecule has 2 heterocycles. The summed E-state index contributed by atoms with van der Waals surface area (Å²) in [6, 6.07) is 5.40. The van der Waals surface area contributed by atoms with E-state index >= 15 is 0 Å². The van der Waals surface area contributed by atoms with Crippen molar-refractivity contribution in [1.29, 1.82) is 0 Å². The zero-order chi connectivity index (χ0) is 15.7. The molecule has 1 N–H and O–H groups in total. The highest BCUT2D eigenvalue weighted by atomic mass is 16.6. The lowest BCUT2D eigenvalue weighted by Crippen LogP contribution is -2.41. The molecule has 22 heavy (non-hydrogen) atoms. The minimum Gasteiger partial charge on any atom is -0.486 e. The van der Waals surface area contributed by atoms with Crippen LogP contribution in [0.25, 0.3) is 0 Å². The molecule has 0 unspecified atom stereocenters. The van der Waals surface area contributed by atoms with Crippen molar-refractivity contribution in [3.8, 4) is 11.5 Å². The number of carbonyl (C=O) groups excluding carboxylic acids is 2. The Morgan fingerprint density at radius 2 is 2.00 bits per heavy atom. The van der Waals surface area contributed by atoms with E-state index < -0.39 is 0 Å². The summed E-state index contributed by atoms with van der Waals surface area (Å²) in [7, 11) is 3.49. The van der Waals surface area contributed by atoms with Crippen LogP contribution in [0.15, 0.2) is 18.2 Å². The van der Waals surface area contributed by atoms with Gasteiger partial charge in [0.05, 0.1) is 5.92 Å². The van der Waals surface area contributed by atoms with Gasteiger partial charge in [0.25, 0.3) is 0 Å². The van der Waals surface area contributed by atoms with Crippen LogP contribution < -0.4 is 19.8 Å². The monoisotopic (exact) mass is 305 g/mol. The molecule has 3 rings (SSSR count). The van der Waals surface area contributed by atoms with Gasteiger partial charge in [-0.05, 0) is 12.1 Å². The lowest BCUT2D eigenvalue weighted by atomic mass is 10.1. The Kier molecular flexibility index (Phi) is 3.89. The third-order valence-electron chi connectivity index (χ3n) is 3.67. The summed E-state index contributed by atoms with van der Waals surface area (Å²) in [5.74, 6) is 0.776. The molecule has 2 amide bonds. The van der Waals surface area contributed by atoms with Crippen molar-refractivity contribution in [2.75, 3.05) is 38.8 Å². The molecule has 0 spiro atoms. The average Bonchev–Trinajstić information content (AvgIpc) is 2.88. The van der Waals surface area contributed by atoms with E-state index in [0.29, 0.717) is 31.3 Å². The zero-order valence-electron chi connectivity index (χ0n) is 12.7. The van der Waals surface area contributed by atoms with Crippen LogP contribution in [0, 0.1) is 5.92 Å². The molecule has 2 aliphatic rings. The molecule has 0 saturated carbocycles. The van der Waals surface area contributed by atoms with Gasteiger partial charge in [0, 0.05) is 38.8 Å². The third-order valence-corrected chi connectivity index (χ3v) is 3.67. The van der Waals surface area contributed by atoms with Crippen LogP contribution >= 0.6 is 0 Å². The van der Waals surface area contributed by atoms with Crippen LogP contribution in [0.2, 0.25) is 0 Å². The van der Waals surface area contributed by atoms with Gasteiger partial charge in [0.1, 0.15) is 13.2 Å². The molecule has 2 aliphatic heterocycles. The Labute approximate surface area is 128 Å². The van der Waals surface area contributed by atoms with Crippen LogP contribution in [0.4, 0.5) is 5.69 Å². The maximum Gasteiger partial charge on any atom is 0.239 e. The fourth-order valence-corrected chi connectivity index (χ4v) is 2.64. The summed E-state index contributed by atoms with van der Waals surface area (Å²) < 4.78 is 11.0. The lowest BCUT2D eigenvalue weighted by Gasteiger charge is -2.22. The second kappa shape index (κ2) is 5.84. The van der Waals surface area contributed by atoms with Gasteiger partial charge in [-0.3, -0.25) is 15.0 Å². The molecule has 0 aromatic heterocycles. The van der Waals surface area contributed by atoms with Gasteiger partial charge in [-0.25, -0.2) is 5.01 Å². The molecule has 7 heteroatoms. The summed E-state index contributed by atoms with van der Waals surface area (Å²) in [5.41, 5.74) is 3.43. The number of anilines is 1. The maximum atomic E-state index is 12.2. The largest absolute Gasteiger partial charge is 0.486 e. The van der Waals surface area contributed by atoms with Gasteiger partial charge in [-0.2, -0.15) is 0 Å². The highest BCUT2D eigenvalue weighted by molar-refractivity contribution is 6.00. The van der Waals surface area contributed by atoms with E-state index in [9.17, 15) is 9.59 Å². The van der Waals surface area contributed by atoms with Gasteiger partial charge in [0.2, 0.25) is 11.8 Å². The number of carbonyl (C=O) groups is 2. The maximum absolute atomic E-state index is 12.2. The first kappa shape index (κ1) is 14.6. The van der Waals surface area contributed by atoms with E-state index in [0.717, 1.165) is 5.69 Å². The number of rotatable bonds is 3. The van der Waals surface area contributed by atoms with Crippen LogP contribution in [0.5, 0.6) is 11.5 Å². The molecular formula is C15H19N3O4. The average molecular weight is 305 g/mol. The molecule has 1 saturated heterocycles. The Hall–Kier alpha value is -2.28. The molecule has 1 fully saturated rings. The molecule has 1 atom stereocenters. The SMILES string of the molecule is CN(C)NC(=O)[C@@H]1CC(=O)N(c2ccc3c(c2)OCCO3)C1. The summed E-state index contributed by atoms with van der Waals surface area (Å²) in [4.78, 5) is 25.9. The first-order valence-electron chi connectivity index (χ1n) is 7.22. The van der Waals surface area contributed by atoms with Crippen LogP contribution in [0.3, 0.4) is 0 Å². The Morgan fingerprint density at radius 1 is 1.27 bits per heavy atom. The quantitative estimate of drug-likeness (QED) is 0.819. The van der Waals surface area contributed by atoms with E-state index in [-0.39, 0.29) is 24.2 Å². The van der Waals surface area contributed by atoms with Crippen molar-refractivity contribution in [3.63, 3.8) is 0 Å². The van der Waals surface area contributed by atoms with Crippen molar-refractivity contribution in [2.45, 2.75) is 6.42 Å². The normalized spacial score (nSPS) is 20.4. The first-order chi connectivity index (χ1) is 10.5. The minimum atomic E-state index is -0.344. The number of fused-ring (bicyclic) bond motifs is 1. The zero-order valence-corrected chi connectivity index (χ0v) is 12.7. The summed E-state index contributed by atoms with van der Waals surface area (Å²) >= 11 is 0. The van der Waals surface area contributed by atoms with Crippen LogP contribution in [0.1, 0.15) is 6.42 Å². The van der Waals surface area contributed by atoms with Gasteiger partial charge >= 0.3 is 0 Å². The predicted molar refractivity (Wildman–Crippen MR) is 79.7 cm³/mol. The molecule has 0 aliphatic carbocycles. The molecule has 118 valence electrons. The number of nitrogens with zero attached hydrogens (tertiary/aromatic N) is 2. The topological polar surface area (TPSA) is 71.1 Å². The second-order valence-corrected chi connectivity index (χ2v) is 5.60. The first-order valence-corrected chi connectivity index (χ1v) is 7.22. The number of hydrogen-bond acceptors (Lipinski definition) is 5. The van der Waals surface area contributed by atoms with Gasteiger partial charge < -0.3 is 14.4 Å². The standard InChI is InChI=1S/C15H19N3O4/c1-17(2)16-15(20)10-7-14(19)18(9-10)11-3-4-12-13(8-11)22-6-5-21-12/h3-4,8,10H,5-7,9H2,1-2H3,(H,16,20)/t10-/m1/s1.